The van der Waals surface area contributed by atoms with Gasteiger partial charge in [-0.2, -0.15) is 0 Å². The van der Waals surface area contributed by atoms with Gasteiger partial charge in [0, 0.05) is 17.8 Å². The van der Waals surface area contributed by atoms with Crippen molar-refractivity contribution in [2.24, 2.45) is 5.41 Å². The van der Waals surface area contributed by atoms with Gasteiger partial charge in [0.15, 0.2) is 0 Å². The smallest absolute Gasteiger partial charge is 0.0617 e. The maximum atomic E-state index is 4.68. The van der Waals surface area contributed by atoms with Gasteiger partial charge in [-0.1, -0.05) is 6.92 Å². The van der Waals surface area contributed by atoms with Crippen molar-refractivity contribution in [3.05, 3.63) is 23.0 Å². The van der Waals surface area contributed by atoms with Crippen LogP contribution in [0.25, 0.3) is 0 Å². The van der Waals surface area contributed by atoms with E-state index >= 15 is 0 Å². The molecule has 0 aromatic carbocycles. The Balaban J connectivity index is 2.07. The van der Waals surface area contributed by atoms with Gasteiger partial charge in [-0.3, -0.25) is 4.98 Å². The Kier molecular flexibility index (Phi) is 2.48. The maximum absolute atomic E-state index is 4.68. The molecule has 1 saturated carbocycles. The van der Waals surface area contributed by atoms with Crippen LogP contribution in [-0.2, 0) is 0 Å². The summed E-state index contributed by atoms with van der Waals surface area (Å²) in [6.45, 7) is 11.3. The van der Waals surface area contributed by atoms with Gasteiger partial charge in [0.05, 0.1) is 11.4 Å². The predicted molar refractivity (Wildman–Crippen MR) is 76.1 cm³/mol. The number of piperidine rings is 1. The Morgan fingerprint density at radius 3 is 2.61 bits per heavy atom. The predicted octanol–water partition coefficient (Wildman–Crippen LogP) is 3.77. The van der Waals surface area contributed by atoms with Crippen LogP contribution >= 0.6 is 0 Å². The third kappa shape index (κ3) is 1.51. The number of pyridine rings is 1. The summed E-state index contributed by atoms with van der Waals surface area (Å²) in [5.74, 6) is 0. The van der Waals surface area contributed by atoms with Gasteiger partial charge in [0.2, 0.25) is 0 Å². The lowest BCUT2D eigenvalue weighted by molar-refractivity contribution is 0.295. The molecule has 0 radical (unpaired) electrons. The van der Waals surface area contributed by atoms with Crippen LogP contribution in [0.4, 0.5) is 5.69 Å². The van der Waals surface area contributed by atoms with E-state index in [0.717, 1.165) is 11.7 Å². The highest BCUT2D eigenvalue weighted by Gasteiger charge is 2.52. The molecule has 1 aromatic rings. The van der Waals surface area contributed by atoms with Crippen molar-refractivity contribution < 1.29 is 0 Å². The topological polar surface area (TPSA) is 16.1 Å². The first-order valence-electron chi connectivity index (χ1n) is 7.15. The summed E-state index contributed by atoms with van der Waals surface area (Å²) in [7, 11) is 0. The lowest BCUT2D eigenvalue weighted by Crippen LogP contribution is -2.43. The molecule has 2 heteroatoms. The number of fused-ring (bicyclic) bond motifs is 2. The van der Waals surface area contributed by atoms with Crippen LogP contribution in [0.3, 0.4) is 0 Å². The van der Waals surface area contributed by atoms with Gasteiger partial charge in [-0.15, -0.1) is 0 Å². The molecule has 2 bridgehead atoms. The molecule has 18 heavy (non-hydrogen) atoms. The number of nitrogens with zero attached hydrogens (tertiary/aromatic N) is 2. The SMILES string of the molecule is Cc1cc(C)c(N2C3CCC(C)(C3)C2C)c(C)n1. The Bertz CT molecular complexity index is 471. The Morgan fingerprint density at radius 1 is 1.33 bits per heavy atom. The lowest BCUT2D eigenvalue weighted by Gasteiger charge is -2.40. The second-order valence-corrected chi connectivity index (χ2v) is 6.65. The van der Waals surface area contributed by atoms with Gasteiger partial charge in [0.1, 0.15) is 0 Å². The van der Waals surface area contributed by atoms with Crippen molar-refractivity contribution in [1.29, 1.82) is 0 Å². The number of aryl methyl sites for hydroxylation is 3. The van der Waals surface area contributed by atoms with Crippen molar-refractivity contribution in [3.63, 3.8) is 0 Å². The Hall–Kier alpha value is -1.05. The second-order valence-electron chi connectivity index (χ2n) is 6.65. The van der Waals surface area contributed by atoms with E-state index < -0.39 is 0 Å². The zero-order valence-corrected chi connectivity index (χ0v) is 12.2. The molecule has 1 aliphatic heterocycles. The van der Waals surface area contributed by atoms with E-state index in [-0.39, 0.29) is 0 Å². The van der Waals surface area contributed by atoms with Crippen LogP contribution in [0, 0.1) is 26.2 Å². The molecule has 0 amide bonds. The van der Waals surface area contributed by atoms with Crippen LogP contribution in [0.2, 0.25) is 0 Å². The molecule has 2 fully saturated rings. The van der Waals surface area contributed by atoms with Crippen molar-refractivity contribution in [1.82, 2.24) is 4.98 Å². The molecule has 1 aliphatic carbocycles. The quantitative estimate of drug-likeness (QED) is 0.747. The molecule has 2 aliphatic rings. The fourth-order valence-electron chi connectivity index (χ4n) is 4.29. The van der Waals surface area contributed by atoms with Crippen LogP contribution in [0.5, 0.6) is 0 Å². The summed E-state index contributed by atoms with van der Waals surface area (Å²) in [5, 5.41) is 0. The number of aromatic nitrogens is 1. The maximum Gasteiger partial charge on any atom is 0.0617 e. The van der Waals surface area contributed by atoms with Crippen LogP contribution in [0.1, 0.15) is 50.1 Å². The van der Waals surface area contributed by atoms with E-state index in [9.17, 15) is 0 Å². The monoisotopic (exact) mass is 244 g/mol. The second kappa shape index (κ2) is 3.72. The summed E-state index contributed by atoms with van der Waals surface area (Å²) in [6.07, 6.45) is 4.11. The van der Waals surface area contributed by atoms with E-state index in [0.29, 0.717) is 11.5 Å². The largest absolute Gasteiger partial charge is 0.364 e. The molecule has 2 nitrogen and oxygen atoms in total. The van der Waals surface area contributed by atoms with Crippen molar-refractivity contribution in [2.45, 2.75) is 66.0 Å². The number of hydrogen-bond acceptors (Lipinski definition) is 2. The Morgan fingerprint density at radius 2 is 2.06 bits per heavy atom. The van der Waals surface area contributed by atoms with Crippen molar-refractivity contribution in [2.75, 3.05) is 4.90 Å². The van der Waals surface area contributed by atoms with E-state index in [1.807, 2.05) is 0 Å². The standard InChI is InChI=1S/C16H24N2/c1-10-8-11(2)17-12(3)15(10)18-13(4)16(5)7-6-14(18)9-16/h8,13-14H,6-7,9H2,1-5H3. The molecule has 3 atom stereocenters. The summed E-state index contributed by atoms with van der Waals surface area (Å²) < 4.78 is 0. The lowest BCUT2D eigenvalue weighted by atomic mass is 9.82. The number of anilines is 1. The Labute approximate surface area is 110 Å². The minimum Gasteiger partial charge on any atom is -0.364 e. The van der Waals surface area contributed by atoms with Crippen LogP contribution in [-0.4, -0.2) is 17.1 Å². The molecule has 1 aromatic heterocycles. The molecule has 0 N–H and O–H groups in total. The zero-order valence-electron chi connectivity index (χ0n) is 12.2. The van der Waals surface area contributed by atoms with Gasteiger partial charge >= 0.3 is 0 Å². The van der Waals surface area contributed by atoms with E-state index in [1.165, 1.54) is 36.2 Å². The third-order valence-electron chi connectivity index (χ3n) is 5.31. The molecule has 98 valence electrons. The normalized spacial score (nSPS) is 34.4. The van der Waals surface area contributed by atoms with E-state index in [4.69, 9.17) is 0 Å². The molecule has 2 heterocycles. The first-order chi connectivity index (χ1) is 8.42. The van der Waals surface area contributed by atoms with Crippen LogP contribution < -0.4 is 4.90 Å². The minimum absolute atomic E-state index is 0.522. The minimum atomic E-state index is 0.522. The van der Waals surface area contributed by atoms with Crippen LogP contribution in [0.15, 0.2) is 6.07 Å². The number of rotatable bonds is 1. The molecular weight excluding hydrogens is 220 g/mol. The first-order valence-corrected chi connectivity index (χ1v) is 7.15. The van der Waals surface area contributed by atoms with E-state index in [1.54, 1.807) is 0 Å². The molecular formula is C16H24N2. The summed E-state index contributed by atoms with van der Waals surface area (Å²) in [5.41, 5.74) is 5.66. The van der Waals surface area contributed by atoms with E-state index in [2.05, 4.69) is 50.6 Å². The summed E-state index contributed by atoms with van der Waals surface area (Å²) in [4.78, 5) is 7.35. The first kappa shape index (κ1) is 12.0. The molecule has 3 rings (SSSR count). The zero-order chi connectivity index (χ0) is 13.1. The van der Waals surface area contributed by atoms with Gasteiger partial charge in [-0.25, -0.2) is 0 Å². The van der Waals surface area contributed by atoms with Gasteiger partial charge in [0.25, 0.3) is 0 Å². The molecule has 0 spiro atoms. The molecule has 1 saturated heterocycles. The molecule has 3 unspecified atom stereocenters. The highest BCUT2D eigenvalue weighted by molar-refractivity contribution is 5.60. The van der Waals surface area contributed by atoms with Gasteiger partial charge < -0.3 is 4.90 Å². The van der Waals surface area contributed by atoms with Crippen molar-refractivity contribution in [3.8, 4) is 0 Å². The highest BCUT2D eigenvalue weighted by Crippen LogP contribution is 2.53. The number of hydrogen-bond donors (Lipinski definition) is 0. The van der Waals surface area contributed by atoms with Gasteiger partial charge in [-0.05, 0) is 64.0 Å². The average Bonchev–Trinajstić information content (AvgIpc) is 2.74. The summed E-state index contributed by atoms with van der Waals surface area (Å²) >= 11 is 0. The fourth-order valence-corrected chi connectivity index (χ4v) is 4.29. The third-order valence-corrected chi connectivity index (χ3v) is 5.31. The fraction of sp³-hybridized carbons (Fsp3) is 0.688. The summed E-state index contributed by atoms with van der Waals surface area (Å²) in [6, 6.07) is 3.62. The van der Waals surface area contributed by atoms with Crippen molar-refractivity contribution >= 4 is 5.69 Å². The average molecular weight is 244 g/mol. The highest BCUT2D eigenvalue weighted by atomic mass is 15.2.